The lowest BCUT2D eigenvalue weighted by atomic mass is 10.3. The number of amides is 2. The summed E-state index contributed by atoms with van der Waals surface area (Å²) in [7, 11) is 0. The minimum Gasteiger partial charge on any atom is -0.339 e. The Morgan fingerprint density at radius 2 is 1.75 bits per heavy atom. The molecule has 1 fully saturated rings. The van der Waals surface area contributed by atoms with Crippen molar-refractivity contribution < 1.29 is 9.59 Å². The number of hydrogen-bond acceptors (Lipinski definition) is 4. The molecule has 0 atom stereocenters. The molecule has 8 nitrogen and oxygen atoms in total. The highest BCUT2D eigenvalue weighted by Gasteiger charge is 2.22. The van der Waals surface area contributed by atoms with Crippen LogP contribution < -0.4 is 11.2 Å². The number of hydrogen-bond donors (Lipinski definition) is 1. The largest absolute Gasteiger partial charge is 0.339 e. The van der Waals surface area contributed by atoms with Gasteiger partial charge < -0.3 is 9.80 Å². The minimum atomic E-state index is -0.603. The van der Waals surface area contributed by atoms with Gasteiger partial charge in [0.05, 0.1) is 0 Å². The molecule has 20 heavy (non-hydrogen) atoms. The molecule has 2 heterocycles. The molecule has 0 aromatic carbocycles. The van der Waals surface area contributed by atoms with E-state index in [0.717, 1.165) is 4.57 Å². The van der Waals surface area contributed by atoms with Gasteiger partial charge >= 0.3 is 5.69 Å². The maximum atomic E-state index is 12.1. The van der Waals surface area contributed by atoms with Crippen molar-refractivity contribution in [2.24, 2.45) is 0 Å². The predicted molar refractivity (Wildman–Crippen MR) is 70.2 cm³/mol. The Balaban J connectivity index is 1.98. The Morgan fingerprint density at radius 1 is 1.15 bits per heavy atom. The zero-order valence-corrected chi connectivity index (χ0v) is 11.2. The molecule has 8 heteroatoms. The molecule has 1 N–H and O–H groups in total. The van der Waals surface area contributed by atoms with Crippen molar-refractivity contribution >= 4 is 11.8 Å². The molecule has 1 saturated heterocycles. The number of carbonyl (C=O) groups excluding carboxylic acids is 2. The molecule has 0 unspecified atom stereocenters. The lowest BCUT2D eigenvalue weighted by Crippen LogP contribution is -2.51. The third-order valence-corrected chi connectivity index (χ3v) is 3.28. The molecule has 0 saturated carbocycles. The molecule has 0 aliphatic carbocycles. The summed E-state index contributed by atoms with van der Waals surface area (Å²) in [4.78, 5) is 51.0. The molecule has 1 aliphatic rings. The van der Waals surface area contributed by atoms with E-state index in [4.69, 9.17) is 0 Å². The van der Waals surface area contributed by atoms with Crippen molar-refractivity contribution in [3.05, 3.63) is 33.1 Å². The van der Waals surface area contributed by atoms with Gasteiger partial charge in [-0.25, -0.2) is 4.79 Å². The van der Waals surface area contributed by atoms with Crippen molar-refractivity contribution in [2.45, 2.75) is 13.5 Å². The molecular weight excluding hydrogens is 264 g/mol. The molecule has 2 rings (SSSR count). The van der Waals surface area contributed by atoms with Crippen LogP contribution in [0, 0.1) is 0 Å². The maximum absolute atomic E-state index is 12.1. The highest BCUT2D eigenvalue weighted by Crippen LogP contribution is 2.03. The lowest BCUT2D eigenvalue weighted by molar-refractivity contribution is -0.138. The van der Waals surface area contributed by atoms with E-state index in [1.54, 1.807) is 9.80 Å². The fourth-order valence-corrected chi connectivity index (χ4v) is 2.09. The molecule has 2 amide bonds. The van der Waals surface area contributed by atoms with Crippen molar-refractivity contribution in [1.82, 2.24) is 19.4 Å². The topological polar surface area (TPSA) is 95.5 Å². The smallest absolute Gasteiger partial charge is 0.328 e. The lowest BCUT2D eigenvalue weighted by Gasteiger charge is -2.34. The predicted octanol–water partition coefficient (Wildman–Crippen LogP) is -1.77. The maximum Gasteiger partial charge on any atom is 0.328 e. The second-order valence-electron chi connectivity index (χ2n) is 4.62. The van der Waals surface area contributed by atoms with Crippen LogP contribution in [0.2, 0.25) is 0 Å². The van der Waals surface area contributed by atoms with Crippen LogP contribution in [-0.2, 0) is 16.1 Å². The van der Waals surface area contributed by atoms with Gasteiger partial charge in [0.2, 0.25) is 11.8 Å². The number of carbonyl (C=O) groups is 2. The third kappa shape index (κ3) is 3.14. The Kier molecular flexibility index (Phi) is 4.02. The third-order valence-electron chi connectivity index (χ3n) is 3.28. The SMILES string of the molecule is CC(=O)N1CCN(C(=O)Cn2ccc(=O)[nH]c2=O)CC1. The highest BCUT2D eigenvalue weighted by molar-refractivity contribution is 5.77. The second kappa shape index (κ2) is 5.72. The highest BCUT2D eigenvalue weighted by atomic mass is 16.2. The zero-order valence-electron chi connectivity index (χ0n) is 11.2. The van der Waals surface area contributed by atoms with Gasteiger partial charge in [0.1, 0.15) is 6.54 Å². The summed E-state index contributed by atoms with van der Waals surface area (Å²) in [5.74, 6) is -0.212. The Hall–Kier alpha value is -2.38. The molecule has 1 aliphatic heterocycles. The molecule has 1 aromatic heterocycles. The molecule has 0 radical (unpaired) electrons. The van der Waals surface area contributed by atoms with E-state index < -0.39 is 11.2 Å². The van der Waals surface area contributed by atoms with Crippen LogP contribution in [0.25, 0.3) is 0 Å². The van der Waals surface area contributed by atoms with E-state index in [-0.39, 0.29) is 18.4 Å². The van der Waals surface area contributed by atoms with Crippen LogP contribution in [0.4, 0.5) is 0 Å². The number of nitrogens with one attached hydrogen (secondary N) is 1. The first-order valence-corrected chi connectivity index (χ1v) is 6.30. The fraction of sp³-hybridized carbons (Fsp3) is 0.500. The normalized spacial score (nSPS) is 15.2. The Morgan fingerprint density at radius 3 is 2.30 bits per heavy atom. The first-order chi connectivity index (χ1) is 9.47. The number of nitrogens with zero attached hydrogens (tertiary/aromatic N) is 3. The molecule has 0 spiro atoms. The van der Waals surface area contributed by atoms with E-state index >= 15 is 0 Å². The van der Waals surface area contributed by atoms with Gasteiger partial charge in [-0.15, -0.1) is 0 Å². The number of aromatic amines is 1. The van der Waals surface area contributed by atoms with Gasteiger partial charge in [-0.05, 0) is 0 Å². The minimum absolute atomic E-state index is 0.00560. The van der Waals surface area contributed by atoms with Gasteiger partial charge in [0.25, 0.3) is 5.56 Å². The first-order valence-electron chi connectivity index (χ1n) is 6.30. The Bertz CT molecular complexity index is 625. The summed E-state index contributed by atoms with van der Waals surface area (Å²) in [5, 5.41) is 0. The fourth-order valence-electron chi connectivity index (χ4n) is 2.09. The molecule has 0 bridgehead atoms. The van der Waals surface area contributed by atoms with Crippen molar-refractivity contribution in [2.75, 3.05) is 26.2 Å². The van der Waals surface area contributed by atoms with Crippen molar-refractivity contribution in [3.63, 3.8) is 0 Å². The van der Waals surface area contributed by atoms with Crippen LogP contribution in [0.3, 0.4) is 0 Å². The summed E-state index contributed by atoms with van der Waals surface area (Å²) in [6, 6.07) is 1.20. The number of aromatic nitrogens is 2. The van der Waals surface area contributed by atoms with Crippen LogP contribution in [0.1, 0.15) is 6.92 Å². The van der Waals surface area contributed by atoms with E-state index in [9.17, 15) is 19.2 Å². The number of H-pyrrole nitrogens is 1. The van der Waals surface area contributed by atoms with E-state index in [1.807, 2.05) is 0 Å². The summed E-state index contributed by atoms with van der Waals surface area (Å²) in [6.45, 7) is 3.29. The second-order valence-corrected chi connectivity index (χ2v) is 4.62. The number of rotatable bonds is 2. The van der Waals surface area contributed by atoms with Gasteiger partial charge in [-0.1, -0.05) is 0 Å². The molecular formula is C12H16N4O4. The molecule has 108 valence electrons. The van der Waals surface area contributed by atoms with E-state index in [0.29, 0.717) is 26.2 Å². The van der Waals surface area contributed by atoms with Crippen LogP contribution in [0.5, 0.6) is 0 Å². The average Bonchev–Trinajstić information content (AvgIpc) is 2.42. The Labute approximate surface area is 114 Å². The van der Waals surface area contributed by atoms with Gasteiger partial charge in [0.15, 0.2) is 0 Å². The van der Waals surface area contributed by atoms with Crippen LogP contribution >= 0.6 is 0 Å². The number of piperazine rings is 1. The monoisotopic (exact) mass is 280 g/mol. The van der Waals surface area contributed by atoms with Crippen LogP contribution in [0.15, 0.2) is 21.9 Å². The summed E-state index contributed by atoms with van der Waals surface area (Å²) in [5.41, 5.74) is -1.10. The first kappa shape index (κ1) is 14.0. The van der Waals surface area contributed by atoms with Crippen molar-refractivity contribution in [1.29, 1.82) is 0 Å². The van der Waals surface area contributed by atoms with Crippen molar-refractivity contribution in [3.8, 4) is 0 Å². The standard InChI is InChI=1S/C12H16N4O4/c1-9(17)14-4-6-15(7-5-14)11(19)8-16-3-2-10(18)13-12(16)20/h2-3H,4-8H2,1H3,(H,13,18,20). The summed E-state index contributed by atoms with van der Waals surface area (Å²) >= 11 is 0. The van der Waals surface area contributed by atoms with Gasteiger partial charge in [-0.2, -0.15) is 0 Å². The zero-order chi connectivity index (χ0) is 14.7. The summed E-state index contributed by atoms with van der Waals surface area (Å²) < 4.78 is 1.15. The van der Waals surface area contributed by atoms with Crippen LogP contribution in [-0.4, -0.2) is 57.3 Å². The van der Waals surface area contributed by atoms with E-state index in [1.165, 1.54) is 19.2 Å². The quantitative estimate of drug-likeness (QED) is 0.693. The van der Waals surface area contributed by atoms with Gasteiger partial charge in [-0.3, -0.25) is 23.9 Å². The van der Waals surface area contributed by atoms with E-state index in [2.05, 4.69) is 4.98 Å². The van der Waals surface area contributed by atoms with Gasteiger partial charge in [0, 0.05) is 45.4 Å². The summed E-state index contributed by atoms with van der Waals surface area (Å²) in [6.07, 6.45) is 1.30. The average molecular weight is 280 g/mol. The molecule has 1 aromatic rings.